The summed E-state index contributed by atoms with van der Waals surface area (Å²) >= 11 is 4.96. The Hall–Kier alpha value is -0.350. The minimum atomic E-state index is 0.509. The predicted molar refractivity (Wildman–Crippen MR) is 59.0 cm³/mol. The zero-order valence-corrected chi connectivity index (χ0v) is 9.16. The maximum Gasteiger partial charge on any atom is 0.180 e. The van der Waals surface area contributed by atoms with Gasteiger partial charge in [-0.25, -0.2) is 5.84 Å². The minimum absolute atomic E-state index is 0.509. The van der Waals surface area contributed by atoms with Crippen LogP contribution < -0.4 is 16.6 Å². The summed E-state index contributed by atoms with van der Waals surface area (Å²) in [5.41, 5.74) is 2.46. The molecule has 1 aliphatic rings. The number of nitrogens with two attached hydrogens (primary N) is 1. The largest absolute Gasteiger partial charge is 0.359 e. The highest BCUT2D eigenvalue weighted by Gasteiger charge is 2.24. The molecule has 0 aromatic heterocycles. The van der Waals surface area contributed by atoms with E-state index in [2.05, 4.69) is 24.6 Å². The third-order valence-electron chi connectivity index (χ3n) is 3.06. The molecule has 1 aliphatic carbocycles. The zero-order chi connectivity index (χ0) is 9.84. The van der Waals surface area contributed by atoms with Crippen LogP contribution in [0.1, 0.15) is 33.1 Å². The van der Waals surface area contributed by atoms with Crippen molar-refractivity contribution in [3.8, 4) is 0 Å². The van der Waals surface area contributed by atoms with Crippen LogP contribution in [-0.2, 0) is 0 Å². The van der Waals surface area contributed by atoms with E-state index in [-0.39, 0.29) is 0 Å². The quantitative estimate of drug-likeness (QED) is 0.338. The van der Waals surface area contributed by atoms with Gasteiger partial charge in [0.05, 0.1) is 0 Å². The summed E-state index contributed by atoms with van der Waals surface area (Å²) in [4.78, 5) is 0. The molecular weight excluding hydrogens is 182 g/mol. The Morgan fingerprint density at radius 1 is 1.31 bits per heavy atom. The van der Waals surface area contributed by atoms with Gasteiger partial charge < -0.3 is 10.7 Å². The van der Waals surface area contributed by atoms with Gasteiger partial charge in [0.25, 0.3) is 0 Å². The van der Waals surface area contributed by atoms with Crippen molar-refractivity contribution in [1.82, 2.24) is 10.7 Å². The fraction of sp³-hybridized carbons (Fsp3) is 0.889. The van der Waals surface area contributed by atoms with Crippen molar-refractivity contribution in [2.75, 3.05) is 0 Å². The van der Waals surface area contributed by atoms with Gasteiger partial charge in [-0.05, 0) is 43.3 Å². The highest BCUT2D eigenvalue weighted by Crippen LogP contribution is 2.29. The summed E-state index contributed by atoms with van der Waals surface area (Å²) in [6, 6.07) is 0.509. The summed E-state index contributed by atoms with van der Waals surface area (Å²) in [6.45, 7) is 4.62. The van der Waals surface area contributed by atoms with Gasteiger partial charge in [-0.1, -0.05) is 13.8 Å². The zero-order valence-electron chi connectivity index (χ0n) is 8.34. The van der Waals surface area contributed by atoms with E-state index in [1.165, 1.54) is 19.3 Å². The molecule has 76 valence electrons. The average Bonchev–Trinajstić information content (AvgIpc) is 2.11. The molecule has 3 atom stereocenters. The lowest BCUT2D eigenvalue weighted by Gasteiger charge is -2.32. The fourth-order valence-corrected chi connectivity index (χ4v) is 2.07. The van der Waals surface area contributed by atoms with Crippen molar-refractivity contribution >= 4 is 17.3 Å². The summed E-state index contributed by atoms with van der Waals surface area (Å²) in [5.74, 6) is 6.83. The van der Waals surface area contributed by atoms with Gasteiger partial charge >= 0.3 is 0 Å². The number of thiocarbonyl (C=S) groups is 1. The molecule has 0 spiro atoms. The average molecular weight is 201 g/mol. The second-order valence-corrected chi connectivity index (χ2v) is 4.49. The molecule has 0 radical (unpaired) electrons. The number of rotatable bonds is 1. The van der Waals surface area contributed by atoms with E-state index in [9.17, 15) is 0 Å². The van der Waals surface area contributed by atoms with Crippen LogP contribution in [-0.4, -0.2) is 11.2 Å². The molecule has 4 heteroatoms. The van der Waals surface area contributed by atoms with Crippen LogP contribution in [0.5, 0.6) is 0 Å². The Balaban J connectivity index is 2.33. The number of hydrogen-bond donors (Lipinski definition) is 3. The van der Waals surface area contributed by atoms with Gasteiger partial charge in [-0.15, -0.1) is 0 Å². The van der Waals surface area contributed by atoms with E-state index < -0.39 is 0 Å². The molecule has 0 amide bonds. The number of nitrogens with one attached hydrogen (secondary N) is 2. The summed E-state index contributed by atoms with van der Waals surface area (Å²) < 4.78 is 0. The summed E-state index contributed by atoms with van der Waals surface area (Å²) in [6.07, 6.45) is 3.68. The molecule has 3 nitrogen and oxygen atoms in total. The van der Waals surface area contributed by atoms with Crippen LogP contribution >= 0.6 is 12.2 Å². The Bertz CT molecular complexity index is 184. The predicted octanol–water partition coefficient (Wildman–Crippen LogP) is 1.15. The van der Waals surface area contributed by atoms with Crippen LogP contribution in [0.25, 0.3) is 0 Å². The first-order chi connectivity index (χ1) is 6.13. The van der Waals surface area contributed by atoms with Crippen molar-refractivity contribution in [1.29, 1.82) is 0 Å². The first kappa shape index (κ1) is 10.7. The second-order valence-electron chi connectivity index (χ2n) is 4.08. The highest BCUT2D eigenvalue weighted by atomic mass is 32.1. The maximum atomic E-state index is 5.20. The molecule has 0 heterocycles. The molecule has 1 fully saturated rings. The molecule has 0 aliphatic heterocycles. The van der Waals surface area contributed by atoms with Crippen LogP contribution in [0.4, 0.5) is 0 Å². The fourth-order valence-electron chi connectivity index (χ4n) is 1.91. The van der Waals surface area contributed by atoms with Crippen LogP contribution in [0.3, 0.4) is 0 Å². The van der Waals surface area contributed by atoms with Gasteiger partial charge in [0, 0.05) is 6.04 Å². The topological polar surface area (TPSA) is 50.1 Å². The molecule has 3 unspecified atom stereocenters. The molecule has 0 saturated heterocycles. The van der Waals surface area contributed by atoms with Gasteiger partial charge in [-0.2, -0.15) is 0 Å². The maximum absolute atomic E-state index is 5.20. The Kier molecular flexibility index (Phi) is 3.93. The van der Waals surface area contributed by atoms with Gasteiger partial charge in [0.15, 0.2) is 5.11 Å². The Labute approximate surface area is 85.4 Å². The Morgan fingerprint density at radius 3 is 2.54 bits per heavy atom. The van der Waals surface area contributed by atoms with E-state index in [4.69, 9.17) is 18.1 Å². The molecule has 0 aromatic rings. The van der Waals surface area contributed by atoms with E-state index in [0.717, 1.165) is 11.8 Å². The molecule has 0 aromatic carbocycles. The monoisotopic (exact) mass is 201 g/mol. The minimum Gasteiger partial charge on any atom is -0.359 e. The van der Waals surface area contributed by atoms with Crippen molar-refractivity contribution in [2.45, 2.75) is 39.2 Å². The van der Waals surface area contributed by atoms with Crippen molar-refractivity contribution in [3.63, 3.8) is 0 Å². The molecule has 13 heavy (non-hydrogen) atoms. The number of hydrogen-bond acceptors (Lipinski definition) is 2. The van der Waals surface area contributed by atoms with E-state index in [1.807, 2.05) is 0 Å². The van der Waals surface area contributed by atoms with Crippen LogP contribution in [0, 0.1) is 11.8 Å². The SMILES string of the molecule is CC1CCC(NC(=S)NN)CC1C. The first-order valence-corrected chi connectivity index (χ1v) is 5.31. The molecule has 0 bridgehead atoms. The standard InChI is InChI=1S/C9H19N3S/c1-6-3-4-8(5-7(6)2)11-9(13)12-10/h6-8H,3-5,10H2,1-2H3,(H2,11,12,13). The lowest BCUT2D eigenvalue weighted by Crippen LogP contribution is -2.47. The molecule has 1 saturated carbocycles. The molecular formula is C9H19N3S. The normalized spacial score (nSPS) is 33.9. The summed E-state index contributed by atoms with van der Waals surface area (Å²) in [7, 11) is 0. The molecule has 4 N–H and O–H groups in total. The van der Waals surface area contributed by atoms with E-state index in [1.54, 1.807) is 0 Å². The number of hydrazine groups is 1. The van der Waals surface area contributed by atoms with Gasteiger partial charge in [-0.3, -0.25) is 0 Å². The first-order valence-electron chi connectivity index (χ1n) is 4.90. The highest BCUT2D eigenvalue weighted by molar-refractivity contribution is 7.80. The van der Waals surface area contributed by atoms with Gasteiger partial charge in [0.1, 0.15) is 0 Å². The van der Waals surface area contributed by atoms with Gasteiger partial charge in [0.2, 0.25) is 0 Å². The Morgan fingerprint density at radius 2 is 2.00 bits per heavy atom. The third-order valence-corrected chi connectivity index (χ3v) is 3.30. The van der Waals surface area contributed by atoms with Crippen LogP contribution in [0.15, 0.2) is 0 Å². The lowest BCUT2D eigenvalue weighted by atomic mass is 9.79. The molecule has 1 rings (SSSR count). The van der Waals surface area contributed by atoms with Crippen molar-refractivity contribution in [3.05, 3.63) is 0 Å². The second kappa shape index (κ2) is 4.77. The van der Waals surface area contributed by atoms with E-state index in [0.29, 0.717) is 11.2 Å². The lowest BCUT2D eigenvalue weighted by molar-refractivity contribution is 0.240. The van der Waals surface area contributed by atoms with E-state index >= 15 is 0 Å². The summed E-state index contributed by atoms with van der Waals surface area (Å²) in [5, 5.41) is 3.78. The van der Waals surface area contributed by atoms with Crippen molar-refractivity contribution in [2.24, 2.45) is 17.7 Å². The smallest absolute Gasteiger partial charge is 0.180 e. The third kappa shape index (κ3) is 3.12. The van der Waals surface area contributed by atoms with Crippen LogP contribution in [0.2, 0.25) is 0 Å². The van der Waals surface area contributed by atoms with Crippen molar-refractivity contribution < 1.29 is 0 Å².